The number of aliphatic hydroxyl groups is 1. The van der Waals surface area contributed by atoms with Gasteiger partial charge in [0.25, 0.3) is 11.8 Å². The van der Waals surface area contributed by atoms with Crippen LogP contribution in [0.4, 0.5) is 5.69 Å². The number of ether oxygens (including phenoxy) is 1. The van der Waals surface area contributed by atoms with Crippen LogP contribution >= 0.6 is 0 Å². The molecule has 41 heavy (non-hydrogen) atoms. The first-order chi connectivity index (χ1) is 19.2. The fourth-order valence-corrected chi connectivity index (χ4v) is 3.94. The number of carbonyl (C=O) groups excluding carboxylic acids is 2. The maximum Gasteiger partial charge on any atom is 0.336 e. The van der Waals surface area contributed by atoms with Crippen molar-refractivity contribution in [2.45, 2.75) is 46.8 Å². The van der Waals surface area contributed by atoms with Crippen molar-refractivity contribution >= 4 is 29.3 Å². The number of nitrogens with one attached hydrogen (secondary N) is 3. The standard InChI is InChI=1S/C30H35N5O6/c1-16(2)41-24-13-12-21(25(35-24)28(38)33-19-9-6-17(7-10-19)26(31)32)20-11-8-18(14-22(20)29(39)40)27(37)34-23(15-36)30(3,4)5/h6-14,16,23,36H,15H2,1-5H3,(H3,31,32)(H,33,38)(H,34,37)(H,39,40)/t23-/m1/s1. The van der Waals surface area contributed by atoms with E-state index in [1.165, 1.54) is 24.3 Å². The van der Waals surface area contributed by atoms with E-state index in [1.807, 2.05) is 20.8 Å². The zero-order chi connectivity index (χ0) is 30.5. The Morgan fingerprint density at radius 1 is 0.976 bits per heavy atom. The van der Waals surface area contributed by atoms with Gasteiger partial charge in [-0.3, -0.25) is 15.0 Å². The van der Waals surface area contributed by atoms with Crippen LogP contribution in [0.25, 0.3) is 11.1 Å². The van der Waals surface area contributed by atoms with Crippen molar-refractivity contribution in [1.82, 2.24) is 10.3 Å². The lowest BCUT2D eigenvalue weighted by Crippen LogP contribution is -2.46. The Morgan fingerprint density at radius 2 is 1.59 bits per heavy atom. The fourth-order valence-electron chi connectivity index (χ4n) is 3.94. The smallest absolute Gasteiger partial charge is 0.336 e. The van der Waals surface area contributed by atoms with Crippen LogP contribution in [0.1, 0.15) is 71.4 Å². The molecule has 0 unspecified atom stereocenters. The Hall–Kier alpha value is -4.77. The van der Waals surface area contributed by atoms with Crippen LogP contribution in [0, 0.1) is 10.8 Å². The number of carbonyl (C=O) groups is 3. The van der Waals surface area contributed by atoms with Gasteiger partial charge in [0.2, 0.25) is 5.88 Å². The predicted molar refractivity (Wildman–Crippen MR) is 156 cm³/mol. The van der Waals surface area contributed by atoms with Crippen LogP contribution < -0.4 is 21.1 Å². The first kappa shape index (κ1) is 30.8. The molecule has 2 aromatic carbocycles. The van der Waals surface area contributed by atoms with Crippen LogP contribution in [-0.2, 0) is 0 Å². The van der Waals surface area contributed by atoms with Gasteiger partial charge in [0.05, 0.1) is 24.3 Å². The maximum absolute atomic E-state index is 13.4. The minimum atomic E-state index is -1.31. The summed E-state index contributed by atoms with van der Waals surface area (Å²) in [5.74, 6) is -2.42. The van der Waals surface area contributed by atoms with E-state index in [1.54, 1.807) is 44.2 Å². The topological polar surface area (TPSA) is 188 Å². The van der Waals surface area contributed by atoms with E-state index in [-0.39, 0.29) is 52.4 Å². The van der Waals surface area contributed by atoms with E-state index in [2.05, 4.69) is 15.6 Å². The molecule has 0 aliphatic heterocycles. The summed E-state index contributed by atoms with van der Waals surface area (Å²) in [7, 11) is 0. The molecule has 0 radical (unpaired) electrons. The third-order valence-electron chi connectivity index (χ3n) is 6.23. The summed E-state index contributed by atoms with van der Waals surface area (Å²) in [6, 6.07) is 13.0. The molecule has 0 saturated carbocycles. The minimum Gasteiger partial charge on any atom is -0.478 e. The predicted octanol–water partition coefficient (Wildman–Crippen LogP) is 3.91. The average Bonchev–Trinajstić information content (AvgIpc) is 2.90. The summed E-state index contributed by atoms with van der Waals surface area (Å²) in [6.45, 7) is 8.92. The van der Waals surface area contributed by atoms with Crippen molar-refractivity contribution in [2.75, 3.05) is 11.9 Å². The molecule has 1 atom stereocenters. The van der Waals surface area contributed by atoms with Crippen molar-refractivity contribution in [3.8, 4) is 17.0 Å². The normalized spacial score (nSPS) is 12.0. The molecule has 0 spiro atoms. The number of nitrogens with zero attached hydrogens (tertiary/aromatic N) is 1. The van der Waals surface area contributed by atoms with Crippen molar-refractivity contribution in [3.63, 3.8) is 0 Å². The Kier molecular flexibility index (Phi) is 9.46. The minimum absolute atomic E-state index is 0.0816. The number of aromatic carboxylic acids is 1. The molecule has 0 fully saturated rings. The summed E-state index contributed by atoms with van der Waals surface area (Å²) in [5, 5.41) is 32.8. The van der Waals surface area contributed by atoms with Gasteiger partial charge in [-0.2, -0.15) is 0 Å². The number of amidine groups is 1. The first-order valence-corrected chi connectivity index (χ1v) is 12.9. The number of aliphatic hydroxyl groups excluding tert-OH is 1. The highest BCUT2D eigenvalue weighted by Gasteiger charge is 2.27. The second-order valence-electron chi connectivity index (χ2n) is 10.8. The number of anilines is 1. The summed E-state index contributed by atoms with van der Waals surface area (Å²) < 4.78 is 5.67. The zero-order valence-corrected chi connectivity index (χ0v) is 23.6. The van der Waals surface area contributed by atoms with Gasteiger partial charge in [-0.05, 0) is 67.3 Å². The van der Waals surface area contributed by atoms with E-state index in [4.69, 9.17) is 15.9 Å². The van der Waals surface area contributed by atoms with Gasteiger partial charge < -0.3 is 31.3 Å². The van der Waals surface area contributed by atoms with Crippen LogP contribution in [0.2, 0.25) is 0 Å². The second kappa shape index (κ2) is 12.6. The van der Waals surface area contributed by atoms with Crippen molar-refractivity contribution in [2.24, 2.45) is 11.1 Å². The molecule has 0 bridgehead atoms. The number of hydrogen-bond acceptors (Lipinski definition) is 7. The third kappa shape index (κ3) is 7.67. The molecule has 0 saturated heterocycles. The van der Waals surface area contributed by atoms with E-state index in [9.17, 15) is 24.6 Å². The molecular formula is C30H35N5O6. The van der Waals surface area contributed by atoms with Crippen molar-refractivity contribution < 1.29 is 29.3 Å². The lowest BCUT2D eigenvalue weighted by atomic mass is 9.87. The summed E-state index contributed by atoms with van der Waals surface area (Å²) in [4.78, 5) is 43.1. The van der Waals surface area contributed by atoms with Gasteiger partial charge in [-0.15, -0.1) is 0 Å². The number of amides is 2. The molecule has 7 N–H and O–H groups in total. The van der Waals surface area contributed by atoms with Gasteiger partial charge in [0.15, 0.2) is 0 Å². The zero-order valence-electron chi connectivity index (χ0n) is 23.6. The average molecular weight is 562 g/mol. The monoisotopic (exact) mass is 561 g/mol. The Labute approximate surface area is 238 Å². The molecule has 1 aromatic heterocycles. The van der Waals surface area contributed by atoms with Crippen LogP contribution in [0.5, 0.6) is 5.88 Å². The van der Waals surface area contributed by atoms with Crippen LogP contribution in [0.3, 0.4) is 0 Å². The molecule has 2 amide bonds. The molecule has 11 nitrogen and oxygen atoms in total. The van der Waals surface area contributed by atoms with Gasteiger partial charge in [0.1, 0.15) is 11.5 Å². The molecular weight excluding hydrogens is 526 g/mol. The third-order valence-corrected chi connectivity index (χ3v) is 6.23. The molecule has 11 heteroatoms. The summed E-state index contributed by atoms with van der Waals surface area (Å²) in [6.07, 6.45) is -0.230. The molecule has 3 rings (SSSR count). The van der Waals surface area contributed by atoms with E-state index in [0.29, 0.717) is 11.3 Å². The number of rotatable bonds is 10. The van der Waals surface area contributed by atoms with E-state index < -0.39 is 29.2 Å². The van der Waals surface area contributed by atoms with Gasteiger partial charge in [0, 0.05) is 28.4 Å². The number of hydrogen-bond donors (Lipinski definition) is 6. The van der Waals surface area contributed by atoms with Gasteiger partial charge >= 0.3 is 5.97 Å². The summed E-state index contributed by atoms with van der Waals surface area (Å²) in [5.41, 5.74) is 6.12. The van der Waals surface area contributed by atoms with Gasteiger partial charge in [-0.1, -0.05) is 26.8 Å². The van der Waals surface area contributed by atoms with Crippen LogP contribution in [0.15, 0.2) is 54.6 Å². The van der Waals surface area contributed by atoms with E-state index in [0.717, 1.165) is 0 Å². The lowest BCUT2D eigenvalue weighted by Gasteiger charge is -2.29. The number of carboxylic acids is 1. The lowest BCUT2D eigenvalue weighted by molar-refractivity contribution is 0.0697. The SMILES string of the molecule is CC(C)Oc1ccc(-c2ccc(C(=O)N[C@H](CO)C(C)(C)C)cc2C(=O)O)c(C(=O)Nc2ccc(C(=N)N)cc2)n1. The number of aromatic nitrogens is 1. The molecule has 1 heterocycles. The molecule has 0 aliphatic rings. The summed E-state index contributed by atoms with van der Waals surface area (Å²) >= 11 is 0. The Bertz CT molecular complexity index is 1460. The Balaban J connectivity index is 2.06. The highest BCUT2D eigenvalue weighted by molar-refractivity contribution is 6.10. The largest absolute Gasteiger partial charge is 0.478 e. The van der Waals surface area contributed by atoms with Crippen molar-refractivity contribution in [3.05, 3.63) is 77.0 Å². The van der Waals surface area contributed by atoms with Gasteiger partial charge in [-0.25, -0.2) is 9.78 Å². The second-order valence-corrected chi connectivity index (χ2v) is 10.8. The number of benzene rings is 2. The highest BCUT2D eigenvalue weighted by Crippen LogP contribution is 2.30. The van der Waals surface area contributed by atoms with Crippen LogP contribution in [-0.4, -0.2) is 57.6 Å². The van der Waals surface area contributed by atoms with Crippen molar-refractivity contribution in [1.29, 1.82) is 5.41 Å². The quantitative estimate of drug-likeness (QED) is 0.159. The number of carboxylic acid groups (broad SMARTS) is 1. The maximum atomic E-state index is 13.4. The number of nitrogens with two attached hydrogens (primary N) is 1. The molecule has 3 aromatic rings. The van der Waals surface area contributed by atoms with E-state index >= 15 is 0 Å². The highest BCUT2D eigenvalue weighted by atomic mass is 16.5. The Morgan fingerprint density at radius 3 is 2.12 bits per heavy atom. The number of nitrogen functional groups attached to an aromatic ring is 1. The first-order valence-electron chi connectivity index (χ1n) is 12.9. The number of pyridine rings is 1. The molecule has 216 valence electrons. The molecule has 0 aliphatic carbocycles. The fraction of sp³-hybridized carbons (Fsp3) is 0.300.